The molecule has 1 aromatic heterocycles. The van der Waals surface area contributed by atoms with E-state index in [4.69, 9.17) is 4.74 Å². The van der Waals surface area contributed by atoms with E-state index >= 15 is 0 Å². The van der Waals surface area contributed by atoms with Gasteiger partial charge in [0.15, 0.2) is 0 Å². The number of hydrogen-bond acceptors (Lipinski definition) is 3. The van der Waals surface area contributed by atoms with Crippen molar-refractivity contribution in [3.8, 4) is 0 Å². The van der Waals surface area contributed by atoms with Crippen LogP contribution in [-0.4, -0.2) is 21.8 Å². The molecule has 0 amide bonds. The van der Waals surface area contributed by atoms with Crippen molar-refractivity contribution in [2.45, 2.75) is 31.9 Å². The van der Waals surface area contributed by atoms with E-state index in [1.54, 1.807) is 7.05 Å². The number of nitrogens with zero attached hydrogens (tertiary/aromatic N) is 2. The monoisotopic (exact) mass is 302 g/mol. The first kappa shape index (κ1) is 12.6. The molecule has 94 valence electrons. The van der Waals surface area contributed by atoms with Crippen LogP contribution in [0.2, 0.25) is 0 Å². The quantitative estimate of drug-likeness (QED) is 0.833. The Hall–Kier alpha value is -0.880. The number of hydrogen-bond donors (Lipinski definition) is 0. The van der Waals surface area contributed by atoms with E-state index in [0.717, 1.165) is 19.4 Å². The number of halogens is 1. The van der Waals surface area contributed by atoms with Gasteiger partial charge >= 0.3 is 5.69 Å². The highest BCUT2D eigenvalue weighted by Gasteiger charge is 2.16. The van der Waals surface area contributed by atoms with Crippen LogP contribution in [0.25, 0.3) is 0 Å². The van der Waals surface area contributed by atoms with E-state index in [0.29, 0.717) is 17.4 Å². The Morgan fingerprint density at radius 2 is 2.29 bits per heavy atom. The Morgan fingerprint density at radius 1 is 1.53 bits per heavy atom. The summed E-state index contributed by atoms with van der Waals surface area (Å²) in [4.78, 5) is 23.6. The number of rotatable bonds is 3. The lowest BCUT2D eigenvalue weighted by atomic mass is 10.2. The Bertz CT molecular complexity index is 480. The van der Waals surface area contributed by atoms with Crippen molar-refractivity contribution in [2.24, 2.45) is 7.05 Å². The van der Waals surface area contributed by atoms with Crippen LogP contribution >= 0.6 is 15.9 Å². The van der Waals surface area contributed by atoms with E-state index in [1.807, 2.05) is 0 Å². The summed E-state index contributed by atoms with van der Waals surface area (Å²) in [7, 11) is 1.63. The fourth-order valence-electron chi connectivity index (χ4n) is 2.03. The molecule has 0 aromatic carbocycles. The fraction of sp³-hybridized carbons (Fsp3) is 0.636. The van der Waals surface area contributed by atoms with Crippen LogP contribution in [0.5, 0.6) is 0 Å². The Balaban J connectivity index is 2.20. The van der Waals surface area contributed by atoms with E-state index in [9.17, 15) is 9.59 Å². The van der Waals surface area contributed by atoms with Gasteiger partial charge in [-0.15, -0.1) is 0 Å². The lowest BCUT2D eigenvalue weighted by molar-refractivity contribution is 0.0996. The van der Waals surface area contributed by atoms with Crippen LogP contribution in [0.4, 0.5) is 0 Å². The Morgan fingerprint density at radius 3 is 2.94 bits per heavy atom. The predicted octanol–water partition coefficient (Wildman–Crippen LogP) is 0.879. The molecule has 5 nitrogen and oxygen atoms in total. The molecule has 1 saturated heterocycles. The molecule has 6 heteroatoms. The van der Waals surface area contributed by atoms with Gasteiger partial charge < -0.3 is 9.30 Å². The van der Waals surface area contributed by atoms with Gasteiger partial charge in [-0.25, -0.2) is 4.79 Å². The van der Waals surface area contributed by atoms with Crippen LogP contribution in [0.15, 0.2) is 20.3 Å². The summed E-state index contributed by atoms with van der Waals surface area (Å²) >= 11 is 3.16. The summed E-state index contributed by atoms with van der Waals surface area (Å²) in [6.07, 6.45) is 4.48. The van der Waals surface area contributed by atoms with Crippen LogP contribution < -0.4 is 11.2 Å². The maximum Gasteiger partial charge on any atom is 0.330 e. The van der Waals surface area contributed by atoms with Crippen molar-refractivity contribution < 1.29 is 4.74 Å². The van der Waals surface area contributed by atoms with Gasteiger partial charge in [0.25, 0.3) is 5.56 Å². The second-order valence-electron chi connectivity index (χ2n) is 4.25. The molecule has 0 N–H and O–H groups in total. The molecule has 2 heterocycles. The fourth-order valence-corrected chi connectivity index (χ4v) is 2.55. The van der Waals surface area contributed by atoms with Crippen molar-refractivity contribution in [3.05, 3.63) is 31.5 Å². The lowest BCUT2D eigenvalue weighted by Gasteiger charge is -2.11. The largest absolute Gasteiger partial charge is 0.378 e. The van der Waals surface area contributed by atoms with Gasteiger partial charge in [-0.3, -0.25) is 9.36 Å². The van der Waals surface area contributed by atoms with Crippen molar-refractivity contribution in [1.29, 1.82) is 0 Å². The predicted molar refractivity (Wildman–Crippen MR) is 67.2 cm³/mol. The minimum Gasteiger partial charge on any atom is -0.378 e. The second kappa shape index (κ2) is 5.18. The second-order valence-corrected chi connectivity index (χ2v) is 5.11. The summed E-state index contributed by atoms with van der Waals surface area (Å²) in [5.41, 5.74) is -0.553. The third-order valence-corrected chi connectivity index (χ3v) is 3.53. The highest BCUT2D eigenvalue weighted by atomic mass is 79.9. The molecule has 0 unspecified atom stereocenters. The molecule has 1 aromatic rings. The molecule has 1 aliphatic heterocycles. The first-order valence-electron chi connectivity index (χ1n) is 5.67. The molecule has 0 bridgehead atoms. The molecule has 0 radical (unpaired) electrons. The molecule has 1 atom stereocenters. The van der Waals surface area contributed by atoms with E-state index in [-0.39, 0.29) is 17.4 Å². The van der Waals surface area contributed by atoms with Gasteiger partial charge in [0.2, 0.25) is 0 Å². The summed E-state index contributed by atoms with van der Waals surface area (Å²) in [6.45, 7) is 1.20. The lowest BCUT2D eigenvalue weighted by Crippen LogP contribution is -2.39. The first-order chi connectivity index (χ1) is 8.09. The molecule has 1 fully saturated rings. The van der Waals surface area contributed by atoms with Crippen molar-refractivity contribution in [2.75, 3.05) is 6.61 Å². The van der Waals surface area contributed by atoms with Gasteiger partial charge in [-0.2, -0.15) is 0 Å². The van der Waals surface area contributed by atoms with Gasteiger partial charge in [-0.1, -0.05) is 0 Å². The van der Waals surface area contributed by atoms with Crippen LogP contribution in [-0.2, 0) is 18.3 Å². The number of aryl methyl sites for hydroxylation is 1. The smallest absolute Gasteiger partial charge is 0.330 e. The molecule has 2 rings (SSSR count). The average molecular weight is 303 g/mol. The zero-order chi connectivity index (χ0) is 12.4. The van der Waals surface area contributed by atoms with Gasteiger partial charge in [0.05, 0.1) is 10.6 Å². The maximum atomic E-state index is 11.8. The Labute approximate surface area is 107 Å². The first-order valence-corrected chi connectivity index (χ1v) is 6.46. The number of aromatic nitrogens is 2. The molecule has 0 aliphatic carbocycles. The van der Waals surface area contributed by atoms with Crippen molar-refractivity contribution in [3.63, 3.8) is 0 Å². The SMILES string of the molecule is Cn1cc(Br)c(=O)n(CC[C@H]2CCCO2)c1=O. The average Bonchev–Trinajstić information content (AvgIpc) is 2.79. The normalized spacial score (nSPS) is 19.8. The standard InChI is InChI=1S/C11H15BrN2O3/c1-13-7-9(12)10(15)14(11(13)16)5-4-8-3-2-6-17-8/h7-8H,2-6H2,1H3/t8-/m1/s1. The third kappa shape index (κ3) is 2.69. The van der Waals surface area contributed by atoms with Crippen LogP contribution in [0, 0.1) is 0 Å². The zero-order valence-corrected chi connectivity index (χ0v) is 11.3. The zero-order valence-electron chi connectivity index (χ0n) is 9.69. The maximum absolute atomic E-state index is 11.8. The van der Waals surface area contributed by atoms with E-state index < -0.39 is 0 Å². The minimum atomic E-state index is -0.281. The minimum absolute atomic E-state index is 0.186. The van der Waals surface area contributed by atoms with Gasteiger partial charge in [0.1, 0.15) is 0 Å². The molecular weight excluding hydrogens is 288 g/mol. The third-order valence-electron chi connectivity index (χ3n) is 2.99. The molecule has 0 saturated carbocycles. The van der Waals surface area contributed by atoms with Crippen molar-refractivity contribution in [1.82, 2.24) is 9.13 Å². The number of ether oxygens (including phenoxy) is 1. The van der Waals surface area contributed by atoms with Crippen LogP contribution in [0.3, 0.4) is 0 Å². The molecular formula is C11H15BrN2O3. The topological polar surface area (TPSA) is 53.2 Å². The summed E-state index contributed by atoms with van der Waals surface area (Å²) in [5, 5.41) is 0. The summed E-state index contributed by atoms with van der Waals surface area (Å²) in [6, 6.07) is 0. The van der Waals surface area contributed by atoms with Gasteiger partial charge in [0, 0.05) is 26.4 Å². The molecule has 17 heavy (non-hydrogen) atoms. The summed E-state index contributed by atoms with van der Waals surface area (Å²) < 4.78 is 8.55. The van der Waals surface area contributed by atoms with Crippen LogP contribution in [0.1, 0.15) is 19.3 Å². The highest BCUT2D eigenvalue weighted by Crippen LogP contribution is 2.15. The highest BCUT2D eigenvalue weighted by molar-refractivity contribution is 9.10. The summed E-state index contributed by atoms with van der Waals surface area (Å²) in [5.74, 6) is 0. The molecule has 1 aliphatic rings. The van der Waals surface area contributed by atoms with Crippen molar-refractivity contribution >= 4 is 15.9 Å². The Kier molecular flexibility index (Phi) is 3.83. The van der Waals surface area contributed by atoms with E-state index in [1.165, 1.54) is 15.3 Å². The van der Waals surface area contributed by atoms with Gasteiger partial charge in [-0.05, 0) is 35.2 Å². The van der Waals surface area contributed by atoms with E-state index in [2.05, 4.69) is 15.9 Å². The molecule has 0 spiro atoms.